The average Bonchev–Trinajstić information content (AvgIpc) is 2.79. The minimum absolute atomic E-state index is 0.184. The summed E-state index contributed by atoms with van der Waals surface area (Å²) < 4.78 is 0. The zero-order chi connectivity index (χ0) is 22.4. The normalized spacial score (nSPS) is 18.5. The molecule has 7 heteroatoms. The van der Waals surface area contributed by atoms with Gasteiger partial charge in [0, 0.05) is 24.2 Å². The lowest BCUT2D eigenvalue weighted by Gasteiger charge is -2.22. The van der Waals surface area contributed by atoms with E-state index in [1.807, 2.05) is 32.2 Å². The van der Waals surface area contributed by atoms with Crippen molar-refractivity contribution in [3.05, 3.63) is 76.9 Å². The van der Waals surface area contributed by atoms with Crippen LogP contribution in [-0.2, 0) is 0 Å². The molecule has 2 atom stereocenters. The van der Waals surface area contributed by atoms with Crippen LogP contribution in [0.15, 0.2) is 71.3 Å². The first kappa shape index (κ1) is 22.3. The average molecular weight is 436 g/mol. The Morgan fingerprint density at radius 1 is 1.19 bits per heavy atom. The van der Waals surface area contributed by atoms with E-state index in [2.05, 4.69) is 39.6 Å². The molecule has 2 heterocycles. The fourth-order valence-corrected chi connectivity index (χ4v) is 3.62. The second kappa shape index (κ2) is 10.1. The molecule has 0 radical (unpaired) electrons. The van der Waals surface area contributed by atoms with Crippen molar-refractivity contribution in [2.24, 2.45) is 16.6 Å². The maximum Gasteiger partial charge on any atom is 0.250 e. The molecule has 5 N–H and O–H groups in total. The van der Waals surface area contributed by atoms with Crippen LogP contribution in [0.25, 0.3) is 11.3 Å². The van der Waals surface area contributed by atoms with Crippen LogP contribution in [-0.4, -0.2) is 29.7 Å². The summed E-state index contributed by atoms with van der Waals surface area (Å²) in [4.78, 5) is 20.4. The minimum atomic E-state index is -0.566. The molecule has 0 bridgehead atoms. The van der Waals surface area contributed by atoms with Gasteiger partial charge in [-0.1, -0.05) is 55.8 Å². The van der Waals surface area contributed by atoms with Gasteiger partial charge in [0.25, 0.3) is 0 Å². The second-order valence-electron chi connectivity index (χ2n) is 6.90. The third-order valence-corrected chi connectivity index (χ3v) is 5.22. The smallest absolute Gasteiger partial charge is 0.250 e. The fourth-order valence-electron chi connectivity index (χ4n) is 3.35. The van der Waals surface area contributed by atoms with Crippen molar-refractivity contribution >= 4 is 35.2 Å². The number of pyridine rings is 1. The molecule has 2 aliphatic rings. The molecule has 1 aliphatic heterocycles. The van der Waals surface area contributed by atoms with Gasteiger partial charge >= 0.3 is 0 Å². The molecule has 1 aromatic heterocycles. The molecule has 160 valence electrons. The molecule has 2 aromatic rings. The number of dihydropyridines is 1. The van der Waals surface area contributed by atoms with Crippen molar-refractivity contribution < 1.29 is 4.79 Å². The summed E-state index contributed by atoms with van der Waals surface area (Å²) in [5.41, 5.74) is 14.9. The van der Waals surface area contributed by atoms with E-state index in [1.165, 1.54) is 0 Å². The van der Waals surface area contributed by atoms with E-state index in [0.29, 0.717) is 28.8 Å². The molecule has 0 saturated heterocycles. The third kappa shape index (κ3) is 5.22. The van der Waals surface area contributed by atoms with Gasteiger partial charge in [-0.25, -0.2) is 4.98 Å². The lowest BCUT2D eigenvalue weighted by atomic mass is 9.90. The predicted octanol–water partition coefficient (Wildman–Crippen LogP) is 4.64. The summed E-state index contributed by atoms with van der Waals surface area (Å²) in [6.45, 7) is 4.60. The Hall–Kier alpha value is -3.38. The lowest BCUT2D eigenvalue weighted by Crippen LogP contribution is -2.20. The fraction of sp³-hybridized carbons (Fsp3) is 0.208. The maximum atomic E-state index is 11.4. The van der Waals surface area contributed by atoms with Crippen molar-refractivity contribution in [3.8, 4) is 11.3 Å². The number of fused-ring (bicyclic) bond motifs is 1. The molecular weight excluding hydrogens is 410 g/mol. The summed E-state index contributed by atoms with van der Waals surface area (Å²) in [6, 6.07) is 8.82. The highest BCUT2D eigenvalue weighted by molar-refractivity contribution is 6.34. The van der Waals surface area contributed by atoms with E-state index < -0.39 is 5.91 Å². The summed E-state index contributed by atoms with van der Waals surface area (Å²) in [5.74, 6) is 0.305. The zero-order valence-electron chi connectivity index (χ0n) is 17.5. The molecule has 1 aromatic carbocycles. The topological polar surface area (TPSA) is 106 Å². The van der Waals surface area contributed by atoms with Crippen LogP contribution >= 0.6 is 11.6 Å². The molecule has 1 amide bonds. The van der Waals surface area contributed by atoms with Gasteiger partial charge in [-0.05, 0) is 35.9 Å². The molecule has 0 spiro atoms. The summed E-state index contributed by atoms with van der Waals surface area (Å²) >= 11 is 6.16. The number of primary amides is 1. The Labute approximate surface area is 187 Å². The number of aromatic nitrogens is 1. The number of hydrogen-bond acceptors (Lipinski definition) is 5. The standard InChI is InChI=1S/C22H20ClN5O.C2H6/c23-17-11-15(4-5-16(17)21(25)29)20-8-6-18(24)22(28-20)27-12-13-3-7-19-14(10-13)2-1-9-26-19;1-2/h1-11,14,19H,12,24H2,(H2,25,29)(H,27,28);1-2H3. The molecule has 1 aliphatic carbocycles. The van der Waals surface area contributed by atoms with Crippen molar-refractivity contribution in [1.82, 2.24) is 4.98 Å². The number of hydrogen-bond donors (Lipinski definition) is 3. The molecule has 0 fully saturated rings. The van der Waals surface area contributed by atoms with E-state index >= 15 is 0 Å². The van der Waals surface area contributed by atoms with E-state index in [0.717, 1.165) is 11.1 Å². The number of nitrogens with one attached hydrogen (secondary N) is 1. The number of carbonyl (C=O) groups excluding carboxylic acids is 1. The minimum Gasteiger partial charge on any atom is -0.396 e. The number of nitrogens with zero attached hydrogens (tertiary/aromatic N) is 2. The second-order valence-corrected chi connectivity index (χ2v) is 7.31. The van der Waals surface area contributed by atoms with E-state index in [-0.39, 0.29) is 17.5 Å². The summed E-state index contributed by atoms with van der Waals surface area (Å²) in [7, 11) is 0. The van der Waals surface area contributed by atoms with E-state index in [1.54, 1.807) is 24.3 Å². The van der Waals surface area contributed by atoms with Gasteiger partial charge in [-0.15, -0.1) is 0 Å². The van der Waals surface area contributed by atoms with Crippen LogP contribution < -0.4 is 16.8 Å². The number of amides is 1. The number of aliphatic imine (C=N–C) groups is 1. The largest absolute Gasteiger partial charge is 0.396 e. The third-order valence-electron chi connectivity index (χ3n) is 4.90. The van der Waals surface area contributed by atoms with Crippen LogP contribution in [0.3, 0.4) is 0 Å². The predicted molar refractivity (Wildman–Crippen MR) is 130 cm³/mol. The number of carbonyl (C=O) groups is 1. The number of halogens is 1. The van der Waals surface area contributed by atoms with Gasteiger partial charge < -0.3 is 16.8 Å². The van der Waals surface area contributed by atoms with Gasteiger partial charge in [-0.3, -0.25) is 9.79 Å². The maximum absolute atomic E-state index is 11.4. The number of nitrogen functional groups attached to an aromatic ring is 1. The molecule has 2 unspecified atom stereocenters. The monoisotopic (exact) mass is 435 g/mol. The van der Waals surface area contributed by atoms with Crippen LogP contribution in [0.4, 0.5) is 11.5 Å². The first-order chi connectivity index (χ1) is 15.0. The Morgan fingerprint density at radius 2 is 2.00 bits per heavy atom. The number of benzene rings is 1. The van der Waals surface area contributed by atoms with Crippen molar-refractivity contribution in [1.29, 1.82) is 0 Å². The van der Waals surface area contributed by atoms with Gasteiger partial charge in [-0.2, -0.15) is 0 Å². The van der Waals surface area contributed by atoms with E-state index in [9.17, 15) is 4.79 Å². The van der Waals surface area contributed by atoms with Gasteiger partial charge in [0.15, 0.2) is 0 Å². The molecule has 31 heavy (non-hydrogen) atoms. The first-order valence-corrected chi connectivity index (χ1v) is 10.6. The highest BCUT2D eigenvalue weighted by atomic mass is 35.5. The summed E-state index contributed by atoms with van der Waals surface area (Å²) in [6.07, 6.45) is 12.3. The Morgan fingerprint density at radius 3 is 2.74 bits per heavy atom. The van der Waals surface area contributed by atoms with Crippen LogP contribution in [0, 0.1) is 5.92 Å². The molecule has 0 saturated carbocycles. The molecule has 6 nitrogen and oxygen atoms in total. The van der Waals surface area contributed by atoms with Gasteiger partial charge in [0.2, 0.25) is 5.91 Å². The SMILES string of the molecule is CC.NC(=O)c1ccc(-c2ccc(N)c(NCC3=CC4C=CC=NC4C=C3)n2)cc1Cl. The van der Waals surface area contributed by atoms with Gasteiger partial charge in [0.1, 0.15) is 5.82 Å². The van der Waals surface area contributed by atoms with E-state index in [4.69, 9.17) is 23.1 Å². The molecule has 4 rings (SSSR count). The van der Waals surface area contributed by atoms with Crippen LogP contribution in [0.1, 0.15) is 24.2 Å². The lowest BCUT2D eigenvalue weighted by molar-refractivity contribution is 0.100. The Bertz CT molecular complexity index is 1090. The van der Waals surface area contributed by atoms with Crippen molar-refractivity contribution in [3.63, 3.8) is 0 Å². The quantitative estimate of drug-likeness (QED) is 0.635. The zero-order valence-corrected chi connectivity index (χ0v) is 18.3. The molecular formula is C24H26ClN5O. The number of allylic oxidation sites excluding steroid dienone is 1. The Kier molecular flexibility index (Phi) is 7.26. The van der Waals surface area contributed by atoms with Crippen LogP contribution in [0.2, 0.25) is 5.02 Å². The first-order valence-electron chi connectivity index (χ1n) is 10.2. The van der Waals surface area contributed by atoms with Crippen molar-refractivity contribution in [2.75, 3.05) is 17.6 Å². The number of anilines is 2. The summed E-state index contributed by atoms with van der Waals surface area (Å²) in [5, 5.41) is 3.60. The Balaban J connectivity index is 0.00000132. The highest BCUT2D eigenvalue weighted by Crippen LogP contribution is 2.28. The van der Waals surface area contributed by atoms with Crippen molar-refractivity contribution in [2.45, 2.75) is 19.9 Å². The number of rotatable bonds is 5. The number of nitrogens with two attached hydrogens (primary N) is 2. The highest BCUT2D eigenvalue weighted by Gasteiger charge is 2.19. The van der Waals surface area contributed by atoms with Crippen LogP contribution in [0.5, 0.6) is 0 Å². The van der Waals surface area contributed by atoms with Gasteiger partial charge in [0.05, 0.1) is 28.0 Å².